The van der Waals surface area contributed by atoms with Gasteiger partial charge in [-0.3, -0.25) is 4.79 Å². The molecule has 2 atom stereocenters. The van der Waals surface area contributed by atoms with E-state index in [4.69, 9.17) is 14.9 Å². The van der Waals surface area contributed by atoms with Gasteiger partial charge in [-0.05, 0) is 17.5 Å². The van der Waals surface area contributed by atoms with Crippen LogP contribution >= 0.6 is 27.0 Å². The van der Waals surface area contributed by atoms with Crippen molar-refractivity contribution in [1.82, 2.24) is 0 Å². The Labute approximate surface area is 130 Å². The second-order valence-corrected chi connectivity index (χ2v) is 4.26. The summed E-state index contributed by atoms with van der Waals surface area (Å²) in [4.78, 5) is 22.1. The number of Topliss-reactive ketones (excluding diaryl/α,β-unsaturated/α-hetero) is 1. The summed E-state index contributed by atoms with van der Waals surface area (Å²) in [6.07, 6.45) is -0.891. The molecule has 2 N–H and O–H groups in total. The Morgan fingerprint density at radius 2 is 1.60 bits per heavy atom. The van der Waals surface area contributed by atoms with E-state index in [1.54, 1.807) is 12.1 Å². The fraction of sp³-hybridized carbons (Fsp3) is 0.385. The number of aliphatic carboxylic acids is 1. The van der Waals surface area contributed by atoms with Crippen LogP contribution in [0.15, 0.2) is 24.3 Å². The molecule has 7 heteroatoms. The van der Waals surface area contributed by atoms with Crippen molar-refractivity contribution in [2.75, 3.05) is 0 Å². The van der Waals surface area contributed by atoms with Gasteiger partial charge >= 0.3 is 5.97 Å². The maximum Gasteiger partial charge on any atom is 0.336 e. The first-order valence-corrected chi connectivity index (χ1v) is 5.71. The molecule has 0 unspecified atom stereocenters. The van der Waals surface area contributed by atoms with E-state index in [1.807, 2.05) is 12.1 Å². The number of carboxylic acids is 1. The van der Waals surface area contributed by atoms with Gasteiger partial charge in [-0.2, -0.15) is 27.0 Å². The first-order chi connectivity index (χ1) is 8.61. The molecular formula is C13H18O5S2. The summed E-state index contributed by atoms with van der Waals surface area (Å²) < 4.78 is 4.78. The molecule has 0 amide bonds. The second kappa shape index (κ2) is 8.31. The van der Waals surface area contributed by atoms with Crippen molar-refractivity contribution in [2.45, 2.75) is 31.7 Å². The van der Waals surface area contributed by atoms with Crippen LogP contribution in [-0.2, 0) is 27.4 Å². The highest BCUT2D eigenvalue weighted by atomic mass is 32.1. The molecule has 1 aliphatic rings. The van der Waals surface area contributed by atoms with Gasteiger partial charge in [0.2, 0.25) is 0 Å². The Bertz CT molecular complexity index is 460. The standard InChI is InChI=1S/C13H14O5.2H2S/c14-7-9-3-1-8(2-4-9)5-6-10(15)11-12(18-11)13(16)17;;/h1-4,11-12,14H,5-7H2,(H,16,17);2*1H2/t11-,12+;;/m1../s1. The van der Waals surface area contributed by atoms with E-state index in [9.17, 15) is 9.59 Å². The third-order valence-corrected chi connectivity index (χ3v) is 2.92. The summed E-state index contributed by atoms with van der Waals surface area (Å²) in [5.41, 5.74) is 1.80. The van der Waals surface area contributed by atoms with Gasteiger partial charge in [0.25, 0.3) is 0 Å². The predicted molar refractivity (Wildman–Crippen MR) is 82.8 cm³/mol. The van der Waals surface area contributed by atoms with Gasteiger partial charge in [0.15, 0.2) is 18.0 Å². The van der Waals surface area contributed by atoms with Crippen LogP contribution in [0.5, 0.6) is 0 Å². The minimum Gasteiger partial charge on any atom is -0.479 e. The molecule has 20 heavy (non-hydrogen) atoms. The van der Waals surface area contributed by atoms with Crippen molar-refractivity contribution in [1.29, 1.82) is 0 Å². The van der Waals surface area contributed by atoms with Crippen molar-refractivity contribution in [2.24, 2.45) is 0 Å². The molecule has 0 aromatic heterocycles. The van der Waals surface area contributed by atoms with Crippen molar-refractivity contribution in [3.63, 3.8) is 0 Å². The summed E-state index contributed by atoms with van der Waals surface area (Å²) >= 11 is 0. The van der Waals surface area contributed by atoms with Crippen molar-refractivity contribution >= 4 is 38.7 Å². The monoisotopic (exact) mass is 318 g/mol. The lowest BCUT2D eigenvalue weighted by molar-refractivity contribution is -0.138. The van der Waals surface area contributed by atoms with E-state index in [-0.39, 0.29) is 45.8 Å². The molecule has 112 valence electrons. The van der Waals surface area contributed by atoms with Crippen LogP contribution in [0, 0.1) is 0 Å². The number of hydrogen-bond donors (Lipinski definition) is 2. The van der Waals surface area contributed by atoms with Crippen LogP contribution in [0.25, 0.3) is 0 Å². The highest BCUT2D eigenvalue weighted by molar-refractivity contribution is 7.59. The quantitative estimate of drug-likeness (QED) is 0.756. The fourth-order valence-corrected chi connectivity index (χ4v) is 1.77. The molecule has 1 aliphatic heterocycles. The SMILES string of the molecule is O=C(O)[C@H]1O[C@@H]1C(=O)CCc1ccc(CO)cc1.S.S. The van der Waals surface area contributed by atoms with Gasteiger partial charge in [-0.1, -0.05) is 24.3 Å². The van der Waals surface area contributed by atoms with E-state index >= 15 is 0 Å². The molecule has 0 saturated carbocycles. The zero-order valence-electron chi connectivity index (χ0n) is 10.7. The van der Waals surface area contributed by atoms with Crippen LogP contribution in [0.3, 0.4) is 0 Å². The number of aliphatic hydroxyl groups is 1. The lowest BCUT2D eigenvalue weighted by Crippen LogP contribution is -2.16. The molecule has 1 aromatic carbocycles. The molecule has 0 bridgehead atoms. The van der Waals surface area contributed by atoms with Crippen LogP contribution in [0.4, 0.5) is 0 Å². The number of ketones is 1. The van der Waals surface area contributed by atoms with Gasteiger partial charge in [0.1, 0.15) is 0 Å². The predicted octanol–water partition coefficient (Wildman–Crippen LogP) is 0.758. The van der Waals surface area contributed by atoms with E-state index in [2.05, 4.69) is 0 Å². The molecular weight excluding hydrogens is 300 g/mol. The molecule has 0 spiro atoms. The number of hydrogen-bond acceptors (Lipinski definition) is 4. The normalized spacial score (nSPS) is 19.4. The smallest absolute Gasteiger partial charge is 0.336 e. The molecule has 1 aromatic rings. The van der Waals surface area contributed by atoms with Crippen LogP contribution in [0.2, 0.25) is 0 Å². The molecule has 5 nitrogen and oxygen atoms in total. The zero-order chi connectivity index (χ0) is 13.1. The average molecular weight is 318 g/mol. The van der Waals surface area contributed by atoms with Crippen molar-refractivity contribution in [3.8, 4) is 0 Å². The van der Waals surface area contributed by atoms with Gasteiger partial charge in [0.05, 0.1) is 6.61 Å². The molecule has 0 aliphatic carbocycles. The first-order valence-electron chi connectivity index (χ1n) is 5.71. The highest BCUT2D eigenvalue weighted by Gasteiger charge is 2.49. The van der Waals surface area contributed by atoms with Gasteiger partial charge in [-0.25, -0.2) is 4.79 Å². The minimum atomic E-state index is -1.08. The third-order valence-electron chi connectivity index (χ3n) is 2.92. The number of benzene rings is 1. The summed E-state index contributed by atoms with van der Waals surface area (Å²) in [5.74, 6) is -1.26. The topological polar surface area (TPSA) is 87.1 Å². The third kappa shape index (κ3) is 4.82. The van der Waals surface area contributed by atoms with E-state index in [0.29, 0.717) is 6.42 Å². The van der Waals surface area contributed by atoms with Crippen LogP contribution < -0.4 is 0 Å². The summed E-state index contributed by atoms with van der Waals surface area (Å²) in [7, 11) is 0. The molecule has 1 heterocycles. The van der Waals surface area contributed by atoms with Crippen LogP contribution in [-0.4, -0.2) is 34.2 Å². The summed E-state index contributed by atoms with van der Waals surface area (Å²) in [6, 6.07) is 7.30. The number of carbonyl (C=O) groups is 2. The molecule has 2 rings (SSSR count). The van der Waals surface area contributed by atoms with Gasteiger partial charge in [-0.15, -0.1) is 0 Å². The Kier molecular flexibility index (Phi) is 7.88. The van der Waals surface area contributed by atoms with E-state index in [0.717, 1.165) is 11.1 Å². The Morgan fingerprint density at radius 1 is 1.05 bits per heavy atom. The maximum absolute atomic E-state index is 11.6. The lowest BCUT2D eigenvalue weighted by atomic mass is 10.0. The summed E-state index contributed by atoms with van der Waals surface area (Å²) in [6.45, 7) is -0.00455. The second-order valence-electron chi connectivity index (χ2n) is 4.26. The van der Waals surface area contributed by atoms with E-state index < -0.39 is 18.2 Å². The minimum absolute atomic E-state index is 0. The Hall–Kier alpha value is -1.02. The average Bonchev–Trinajstić information content (AvgIpc) is 3.17. The van der Waals surface area contributed by atoms with Gasteiger partial charge < -0.3 is 14.9 Å². The highest BCUT2D eigenvalue weighted by Crippen LogP contribution is 2.24. The number of ether oxygens (including phenoxy) is 1. The Morgan fingerprint density at radius 3 is 2.05 bits per heavy atom. The number of aryl methyl sites for hydroxylation is 1. The molecule has 1 fully saturated rings. The number of rotatable bonds is 6. The fourth-order valence-electron chi connectivity index (χ4n) is 1.77. The largest absolute Gasteiger partial charge is 0.479 e. The van der Waals surface area contributed by atoms with E-state index in [1.165, 1.54) is 0 Å². The Balaban J connectivity index is 0.00000180. The van der Waals surface area contributed by atoms with Gasteiger partial charge in [0, 0.05) is 6.42 Å². The van der Waals surface area contributed by atoms with Crippen molar-refractivity contribution < 1.29 is 24.5 Å². The zero-order valence-corrected chi connectivity index (χ0v) is 12.7. The van der Waals surface area contributed by atoms with Crippen molar-refractivity contribution in [3.05, 3.63) is 35.4 Å². The maximum atomic E-state index is 11.6. The number of aliphatic hydroxyl groups excluding tert-OH is 1. The molecule has 1 saturated heterocycles. The summed E-state index contributed by atoms with van der Waals surface area (Å²) in [5, 5.41) is 17.5. The number of epoxide rings is 1. The first kappa shape index (κ1) is 19.0. The van der Waals surface area contributed by atoms with Crippen LogP contribution in [0.1, 0.15) is 17.5 Å². The number of carbonyl (C=O) groups excluding carboxylic acids is 1. The number of carboxylic acid groups (broad SMARTS) is 1. The lowest BCUT2D eigenvalue weighted by Gasteiger charge is -2.01. The molecule has 0 radical (unpaired) electrons.